The molecule has 1 aromatic carbocycles. The van der Waals surface area contributed by atoms with E-state index in [0.717, 1.165) is 11.3 Å². The van der Waals surface area contributed by atoms with Gasteiger partial charge >= 0.3 is 11.9 Å². The number of nitrogens with zero attached hydrogens (tertiary/aromatic N) is 1. The molecule has 2 heterocycles. The smallest absolute Gasteiger partial charge is 0.362 e. The first-order chi connectivity index (χ1) is 9.13. The molecule has 19 heavy (non-hydrogen) atoms. The summed E-state index contributed by atoms with van der Waals surface area (Å²) in [5, 5.41) is 3.90. The average molecular weight is 261 g/mol. The van der Waals surface area contributed by atoms with Crippen molar-refractivity contribution in [2.24, 2.45) is 5.16 Å². The Morgan fingerprint density at radius 3 is 2.53 bits per heavy atom. The standard InChI is InChI=1S/C13H11NO5/c1-17-9-4-2-8(3-5-9)10-6-13(19-14-10)7-11(15)18-12(13)16/h2-5H,6-7H2,1H3. The number of methoxy groups -OCH3 is 1. The number of hydrogen-bond donors (Lipinski definition) is 0. The Morgan fingerprint density at radius 2 is 1.95 bits per heavy atom. The molecule has 0 bridgehead atoms. The molecule has 3 rings (SSSR count). The first kappa shape index (κ1) is 11.7. The molecule has 6 nitrogen and oxygen atoms in total. The van der Waals surface area contributed by atoms with Crippen LogP contribution in [0.5, 0.6) is 5.75 Å². The molecule has 1 atom stereocenters. The lowest BCUT2D eigenvalue weighted by Crippen LogP contribution is -2.34. The fourth-order valence-electron chi connectivity index (χ4n) is 2.16. The zero-order valence-corrected chi connectivity index (χ0v) is 10.2. The van der Waals surface area contributed by atoms with Gasteiger partial charge in [-0.1, -0.05) is 5.16 Å². The summed E-state index contributed by atoms with van der Waals surface area (Å²) in [6, 6.07) is 7.23. The van der Waals surface area contributed by atoms with Crippen molar-refractivity contribution in [2.45, 2.75) is 18.4 Å². The minimum atomic E-state index is -1.26. The SMILES string of the molecule is COc1ccc(C2=NOC3(CC(=O)OC3=O)C2)cc1. The lowest BCUT2D eigenvalue weighted by molar-refractivity contribution is -0.160. The Balaban J connectivity index is 1.81. The van der Waals surface area contributed by atoms with Gasteiger partial charge in [-0.3, -0.25) is 4.79 Å². The Hall–Kier alpha value is -2.37. The fourth-order valence-corrected chi connectivity index (χ4v) is 2.16. The van der Waals surface area contributed by atoms with Crippen molar-refractivity contribution in [2.75, 3.05) is 7.11 Å². The van der Waals surface area contributed by atoms with Gasteiger partial charge in [0.1, 0.15) is 12.2 Å². The van der Waals surface area contributed by atoms with Crippen molar-refractivity contribution in [3.05, 3.63) is 29.8 Å². The summed E-state index contributed by atoms with van der Waals surface area (Å²) in [4.78, 5) is 27.9. The Labute approximate surface area is 108 Å². The van der Waals surface area contributed by atoms with E-state index in [1.807, 2.05) is 12.1 Å². The molecular formula is C13H11NO5. The summed E-state index contributed by atoms with van der Waals surface area (Å²) in [6.45, 7) is 0. The number of carbonyl (C=O) groups is 2. The molecule has 1 fully saturated rings. The van der Waals surface area contributed by atoms with E-state index in [-0.39, 0.29) is 12.8 Å². The average Bonchev–Trinajstić information content (AvgIpc) is 2.95. The van der Waals surface area contributed by atoms with E-state index in [4.69, 9.17) is 9.57 Å². The number of ether oxygens (including phenoxy) is 2. The lowest BCUT2D eigenvalue weighted by Gasteiger charge is -2.13. The molecule has 0 N–H and O–H groups in total. The Morgan fingerprint density at radius 1 is 1.21 bits per heavy atom. The highest BCUT2D eigenvalue weighted by molar-refractivity contribution is 6.09. The summed E-state index contributed by atoms with van der Waals surface area (Å²) in [7, 11) is 1.58. The van der Waals surface area contributed by atoms with Gasteiger partial charge in [-0.15, -0.1) is 0 Å². The van der Waals surface area contributed by atoms with Crippen LogP contribution in [0.25, 0.3) is 0 Å². The summed E-state index contributed by atoms with van der Waals surface area (Å²) in [5.74, 6) is -0.505. The second-order valence-electron chi connectivity index (χ2n) is 4.47. The van der Waals surface area contributed by atoms with Gasteiger partial charge in [0.05, 0.1) is 12.8 Å². The van der Waals surface area contributed by atoms with Crippen LogP contribution < -0.4 is 4.74 Å². The predicted molar refractivity (Wildman–Crippen MR) is 63.7 cm³/mol. The Bertz CT molecular complexity index is 577. The van der Waals surface area contributed by atoms with Crippen molar-refractivity contribution in [1.29, 1.82) is 0 Å². The molecule has 2 aliphatic rings. The first-order valence-corrected chi connectivity index (χ1v) is 5.77. The van der Waals surface area contributed by atoms with E-state index in [1.165, 1.54) is 0 Å². The highest BCUT2D eigenvalue weighted by Gasteiger charge is 2.55. The van der Waals surface area contributed by atoms with E-state index in [0.29, 0.717) is 5.71 Å². The number of rotatable bonds is 2. The first-order valence-electron chi connectivity index (χ1n) is 5.77. The van der Waals surface area contributed by atoms with Crippen molar-refractivity contribution in [3.8, 4) is 5.75 Å². The maximum Gasteiger partial charge on any atom is 0.362 e. The van der Waals surface area contributed by atoms with Crippen LogP contribution >= 0.6 is 0 Å². The molecule has 0 radical (unpaired) electrons. The van der Waals surface area contributed by atoms with E-state index < -0.39 is 17.5 Å². The van der Waals surface area contributed by atoms with Gasteiger partial charge in [-0.05, 0) is 29.8 Å². The third kappa shape index (κ3) is 1.85. The summed E-state index contributed by atoms with van der Waals surface area (Å²) in [5.41, 5.74) is 0.186. The summed E-state index contributed by atoms with van der Waals surface area (Å²) < 4.78 is 9.59. The second kappa shape index (κ2) is 4.08. The molecule has 1 aromatic rings. The maximum atomic E-state index is 11.6. The van der Waals surface area contributed by atoms with E-state index in [9.17, 15) is 9.59 Å². The van der Waals surface area contributed by atoms with Gasteiger partial charge in [0.25, 0.3) is 0 Å². The van der Waals surface area contributed by atoms with E-state index in [1.54, 1.807) is 19.2 Å². The zero-order chi connectivity index (χ0) is 13.5. The predicted octanol–water partition coefficient (Wildman–Crippen LogP) is 1.03. The van der Waals surface area contributed by atoms with Gasteiger partial charge < -0.3 is 14.3 Å². The number of oxime groups is 1. The van der Waals surface area contributed by atoms with Crippen molar-refractivity contribution >= 4 is 17.7 Å². The molecule has 1 unspecified atom stereocenters. The van der Waals surface area contributed by atoms with Crippen molar-refractivity contribution in [1.82, 2.24) is 0 Å². The monoisotopic (exact) mass is 261 g/mol. The van der Waals surface area contributed by atoms with Crippen LogP contribution in [0.3, 0.4) is 0 Å². The molecule has 2 aliphatic heterocycles. The number of esters is 2. The minimum Gasteiger partial charge on any atom is -0.497 e. The van der Waals surface area contributed by atoms with Crippen LogP contribution in [-0.2, 0) is 19.2 Å². The largest absolute Gasteiger partial charge is 0.497 e. The molecule has 0 saturated carbocycles. The van der Waals surface area contributed by atoms with Gasteiger partial charge in [-0.25, -0.2) is 4.79 Å². The normalized spacial score (nSPS) is 25.2. The van der Waals surface area contributed by atoms with Crippen LogP contribution in [0.2, 0.25) is 0 Å². The molecule has 0 aromatic heterocycles. The minimum absolute atomic E-state index is 0.0883. The zero-order valence-electron chi connectivity index (χ0n) is 10.2. The van der Waals surface area contributed by atoms with Crippen molar-refractivity contribution < 1.29 is 23.9 Å². The van der Waals surface area contributed by atoms with Gasteiger partial charge in [0.2, 0.25) is 5.60 Å². The topological polar surface area (TPSA) is 74.2 Å². The Kier molecular flexibility index (Phi) is 2.51. The number of carbonyl (C=O) groups excluding carboxylic acids is 2. The molecule has 6 heteroatoms. The number of hydrogen-bond acceptors (Lipinski definition) is 6. The number of cyclic esters (lactones) is 2. The third-order valence-corrected chi connectivity index (χ3v) is 3.22. The lowest BCUT2D eigenvalue weighted by atomic mass is 9.93. The quantitative estimate of drug-likeness (QED) is 0.587. The van der Waals surface area contributed by atoms with Crippen LogP contribution in [-0.4, -0.2) is 30.4 Å². The molecule has 0 aliphatic carbocycles. The highest BCUT2D eigenvalue weighted by atomic mass is 16.7. The van der Waals surface area contributed by atoms with Gasteiger partial charge in [0.15, 0.2) is 0 Å². The van der Waals surface area contributed by atoms with Crippen LogP contribution in [0.1, 0.15) is 18.4 Å². The van der Waals surface area contributed by atoms with Crippen LogP contribution in [0.15, 0.2) is 29.4 Å². The molecule has 0 amide bonds. The van der Waals surface area contributed by atoms with E-state index in [2.05, 4.69) is 9.89 Å². The fraction of sp³-hybridized carbons (Fsp3) is 0.308. The highest BCUT2D eigenvalue weighted by Crippen LogP contribution is 2.35. The van der Waals surface area contributed by atoms with Crippen LogP contribution in [0.4, 0.5) is 0 Å². The molecule has 98 valence electrons. The van der Waals surface area contributed by atoms with Gasteiger partial charge in [0, 0.05) is 6.42 Å². The second-order valence-corrected chi connectivity index (χ2v) is 4.47. The third-order valence-electron chi connectivity index (χ3n) is 3.22. The van der Waals surface area contributed by atoms with Gasteiger partial charge in [-0.2, -0.15) is 0 Å². The molecule has 1 spiro atoms. The summed E-state index contributed by atoms with van der Waals surface area (Å²) in [6.07, 6.45) is 0.152. The summed E-state index contributed by atoms with van der Waals surface area (Å²) >= 11 is 0. The van der Waals surface area contributed by atoms with Crippen molar-refractivity contribution in [3.63, 3.8) is 0 Å². The van der Waals surface area contributed by atoms with Crippen LogP contribution in [0, 0.1) is 0 Å². The van der Waals surface area contributed by atoms with E-state index >= 15 is 0 Å². The molecular weight excluding hydrogens is 250 g/mol. The maximum absolute atomic E-state index is 11.6. The molecule has 1 saturated heterocycles. The number of benzene rings is 1.